The van der Waals surface area contributed by atoms with Gasteiger partial charge in [0.2, 0.25) is 5.91 Å². The number of carbonyl (C=O) groups excluding carboxylic acids is 1. The quantitative estimate of drug-likeness (QED) is 0.754. The minimum Gasteiger partial charge on any atom is -0.274 e. The average molecular weight is 217 g/mol. The molecule has 1 aromatic heterocycles. The standard InChI is InChI=1S/C12H11NOS/c1-10(14)13(12-8-5-9-15-12)11-6-3-2-4-7-11/h2-9H,1H3. The lowest BCUT2D eigenvalue weighted by atomic mass is 10.3. The Kier molecular flexibility index (Phi) is 2.83. The van der Waals surface area contributed by atoms with Gasteiger partial charge in [0.05, 0.1) is 0 Å². The molecule has 0 aliphatic carbocycles. The van der Waals surface area contributed by atoms with Crippen LogP contribution in [0.1, 0.15) is 6.92 Å². The zero-order valence-electron chi connectivity index (χ0n) is 8.38. The lowest BCUT2D eigenvalue weighted by molar-refractivity contribution is -0.115. The van der Waals surface area contributed by atoms with Crippen molar-refractivity contribution >= 4 is 27.9 Å². The Labute approximate surface area is 92.8 Å². The van der Waals surface area contributed by atoms with Gasteiger partial charge in [-0.2, -0.15) is 0 Å². The highest BCUT2D eigenvalue weighted by molar-refractivity contribution is 7.14. The summed E-state index contributed by atoms with van der Waals surface area (Å²) >= 11 is 1.56. The topological polar surface area (TPSA) is 20.3 Å². The van der Waals surface area contributed by atoms with Gasteiger partial charge in [-0.1, -0.05) is 18.2 Å². The van der Waals surface area contributed by atoms with E-state index >= 15 is 0 Å². The lowest BCUT2D eigenvalue weighted by Gasteiger charge is -2.18. The van der Waals surface area contributed by atoms with Crippen molar-refractivity contribution in [2.24, 2.45) is 0 Å². The first-order chi connectivity index (χ1) is 7.29. The van der Waals surface area contributed by atoms with Crippen molar-refractivity contribution in [3.63, 3.8) is 0 Å². The molecule has 0 saturated carbocycles. The van der Waals surface area contributed by atoms with Crippen molar-refractivity contribution in [1.29, 1.82) is 0 Å². The molecule has 2 nitrogen and oxygen atoms in total. The molecular weight excluding hydrogens is 206 g/mol. The van der Waals surface area contributed by atoms with Gasteiger partial charge in [-0.25, -0.2) is 0 Å². The second-order valence-electron chi connectivity index (χ2n) is 3.14. The Morgan fingerprint density at radius 1 is 1.13 bits per heavy atom. The Morgan fingerprint density at radius 2 is 1.87 bits per heavy atom. The van der Waals surface area contributed by atoms with Crippen molar-refractivity contribution in [1.82, 2.24) is 0 Å². The molecule has 2 rings (SSSR count). The molecule has 1 heterocycles. The molecule has 0 aliphatic rings. The van der Waals surface area contributed by atoms with Gasteiger partial charge in [0.1, 0.15) is 5.00 Å². The highest BCUT2D eigenvalue weighted by Crippen LogP contribution is 2.29. The van der Waals surface area contributed by atoms with E-state index in [4.69, 9.17) is 0 Å². The van der Waals surface area contributed by atoms with Crippen LogP contribution in [0.2, 0.25) is 0 Å². The molecule has 1 amide bonds. The van der Waals surface area contributed by atoms with Crippen LogP contribution >= 0.6 is 11.3 Å². The number of hydrogen-bond donors (Lipinski definition) is 0. The molecule has 0 saturated heterocycles. The van der Waals surface area contributed by atoms with Crippen LogP contribution in [0.4, 0.5) is 10.7 Å². The number of thiophene rings is 1. The molecule has 2 aromatic rings. The van der Waals surface area contributed by atoms with Gasteiger partial charge in [-0.15, -0.1) is 11.3 Å². The van der Waals surface area contributed by atoms with Gasteiger partial charge in [0, 0.05) is 12.6 Å². The second kappa shape index (κ2) is 4.28. The third-order valence-electron chi connectivity index (χ3n) is 2.06. The van der Waals surface area contributed by atoms with Gasteiger partial charge in [-0.3, -0.25) is 9.69 Å². The van der Waals surface area contributed by atoms with Crippen molar-refractivity contribution in [2.45, 2.75) is 6.92 Å². The number of para-hydroxylation sites is 1. The molecule has 0 radical (unpaired) electrons. The maximum absolute atomic E-state index is 11.6. The van der Waals surface area contributed by atoms with Crippen LogP contribution in [0, 0.1) is 0 Å². The lowest BCUT2D eigenvalue weighted by Crippen LogP contribution is -2.21. The van der Waals surface area contributed by atoms with Crippen molar-refractivity contribution in [3.05, 3.63) is 47.8 Å². The summed E-state index contributed by atoms with van der Waals surface area (Å²) in [5.41, 5.74) is 0.910. The Morgan fingerprint density at radius 3 is 2.40 bits per heavy atom. The molecule has 1 aromatic carbocycles. The van der Waals surface area contributed by atoms with Gasteiger partial charge in [0.15, 0.2) is 0 Å². The van der Waals surface area contributed by atoms with Crippen LogP contribution in [0.15, 0.2) is 47.8 Å². The summed E-state index contributed by atoms with van der Waals surface area (Å²) < 4.78 is 0. The summed E-state index contributed by atoms with van der Waals surface area (Å²) in [7, 11) is 0. The van der Waals surface area contributed by atoms with Crippen LogP contribution in [0.5, 0.6) is 0 Å². The van der Waals surface area contributed by atoms with E-state index in [-0.39, 0.29) is 5.91 Å². The van der Waals surface area contributed by atoms with E-state index in [1.54, 1.807) is 23.2 Å². The van der Waals surface area contributed by atoms with Crippen molar-refractivity contribution < 1.29 is 4.79 Å². The number of hydrogen-bond acceptors (Lipinski definition) is 2. The molecule has 76 valence electrons. The number of amides is 1. The SMILES string of the molecule is CC(=O)N(c1ccccc1)c1cccs1. The summed E-state index contributed by atoms with van der Waals surface area (Å²) in [5.74, 6) is 0.0312. The highest BCUT2D eigenvalue weighted by atomic mass is 32.1. The summed E-state index contributed by atoms with van der Waals surface area (Å²) in [6, 6.07) is 13.5. The van der Waals surface area contributed by atoms with E-state index in [0.29, 0.717) is 0 Å². The third kappa shape index (κ3) is 2.07. The molecule has 0 aliphatic heterocycles. The first-order valence-electron chi connectivity index (χ1n) is 4.68. The Bertz CT molecular complexity index is 436. The van der Waals surface area contributed by atoms with E-state index in [1.807, 2.05) is 47.8 Å². The van der Waals surface area contributed by atoms with E-state index in [0.717, 1.165) is 10.7 Å². The van der Waals surface area contributed by atoms with Gasteiger partial charge in [0.25, 0.3) is 0 Å². The normalized spacial score (nSPS) is 9.93. The van der Waals surface area contributed by atoms with Gasteiger partial charge < -0.3 is 0 Å². The highest BCUT2D eigenvalue weighted by Gasteiger charge is 2.13. The predicted molar refractivity (Wildman–Crippen MR) is 63.6 cm³/mol. The summed E-state index contributed by atoms with van der Waals surface area (Å²) in [6.45, 7) is 1.58. The van der Waals surface area contributed by atoms with Crippen molar-refractivity contribution in [2.75, 3.05) is 4.90 Å². The maximum Gasteiger partial charge on any atom is 0.229 e. The van der Waals surface area contributed by atoms with Gasteiger partial charge >= 0.3 is 0 Å². The first kappa shape index (κ1) is 9.93. The maximum atomic E-state index is 11.6. The fourth-order valence-electron chi connectivity index (χ4n) is 1.44. The molecule has 0 bridgehead atoms. The molecule has 15 heavy (non-hydrogen) atoms. The van der Waals surface area contributed by atoms with Crippen LogP contribution in [-0.4, -0.2) is 5.91 Å². The summed E-state index contributed by atoms with van der Waals surface area (Å²) in [4.78, 5) is 13.3. The van der Waals surface area contributed by atoms with Crippen LogP contribution < -0.4 is 4.90 Å². The number of nitrogens with zero attached hydrogens (tertiary/aromatic N) is 1. The summed E-state index contributed by atoms with van der Waals surface area (Å²) in [5, 5.41) is 2.92. The van der Waals surface area contributed by atoms with Crippen LogP contribution in [-0.2, 0) is 4.79 Å². The second-order valence-corrected chi connectivity index (χ2v) is 4.07. The average Bonchev–Trinajstić information content (AvgIpc) is 2.72. The molecule has 0 N–H and O–H groups in total. The fourth-order valence-corrected chi connectivity index (χ4v) is 2.23. The number of carbonyl (C=O) groups is 1. The Balaban J connectivity index is 2.42. The zero-order valence-corrected chi connectivity index (χ0v) is 9.20. The molecule has 0 spiro atoms. The summed E-state index contributed by atoms with van der Waals surface area (Å²) in [6.07, 6.45) is 0. The monoisotopic (exact) mass is 217 g/mol. The third-order valence-corrected chi connectivity index (χ3v) is 2.91. The fraction of sp³-hybridized carbons (Fsp3) is 0.0833. The molecule has 0 atom stereocenters. The Hall–Kier alpha value is -1.61. The molecular formula is C12H11NOS. The van der Waals surface area contributed by atoms with Crippen LogP contribution in [0.3, 0.4) is 0 Å². The molecule has 0 unspecified atom stereocenters. The predicted octanol–water partition coefficient (Wildman–Crippen LogP) is 3.43. The minimum atomic E-state index is 0.0312. The van der Waals surface area contributed by atoms with E-state index in [1.165, 1.54) is 0 Å². The molecule has 3 heteroatoms. The number of anilines is 2. The first-order valence-corrected chi connectivity index (χ1v) is 5.56. The minimum absolute atomic E-state index is 0.0312. The zero-order chi connectivity index (χ0) is 10.7. The number of benzene rings is 1. The van der Waals surface area contributed by atoms with Gasteiger partial charge in [-0.05, 0) is 29.6 Å². The number of rotatable bonds is 2. The van der Waals surface area contributed by atoms with E-state index in [2.05, 4.69) is 0 Å². The largest absolute Gasteiger partial charge is 0.274 e. The van der Waals surface area contributed by atoms with Crippen LogP contribution in [0.25, 0.3) is 0 Å². The molecule has 0 fully saturated rings. The van der Waals surface area contributed by atoms with E-state index in [9.17, 15) is 4.79 Å². The van der Waals surface area contributed by atoms with E-state index < -0.39 is 0 Å². The smallest absolute Gasteiger partial charge is 0.229 e. The van der Waals surface area contributed by atoms with Crippen molar-refractivity contribution in [3.8, 4) is 0 Å².